The molecule has 1 aromatic heterocycles. The van der Waals surface area contributed by atoms with Crippen molar-refractivity contribution < 1.29 is 8.42 Å². The fourth-order valence-corrected chi connectivity index (χ4v) is 5.36. The zero-order valence-electron chi connectivity index (χ0n) is 14.9. The molecule has 3 heterocycles. The molecule has 0 aliphatic carbocycles. The highest BCUT2D eigenvalue weighted by atomic mass is 32.2. The number of anilines is 1. The molecule has 0 radical (unpaired) electrons. The van der Waals surface area contributed by atoms with Gasteiger partial charge in [0.1, 0.15) is 0 Å². The molecule has 7 heteroatoms. The van der Waals surface area contributed by atoms with Crippen molar-refractivity contribution >= 4 is 26.6 Å². The van der Waals surface area contributed by atoms with Crippen molar-refractivity contribution in [1.82, 2.24) is 14.1 Å². The summed E-state index contributed by atoms with van der Waals surface area (Å²) in [4.78, 5) is 2.71. The fourth-order valence-electron chi connectivity index (χ4n) is 4.61. The second-order valence-corrected chi connectivity index (χ2v) is 9.27. The average molecular weight is 362 g/mol. The number of nitrogens with zero attached hydrogens (tertiary/aromatic N) is 3. The zero-order chi connectivity index (χ0) is 17.6. The molecule has 136 valence electrons. The molecular formula is C18H26N4O2S. The Labute approximate surface area is 149 Å². The van der Waals surface area contributed by atoms with Crippen LogP contribution < -0.4 is 5.32 Å². The minimum atomic E-state index is -3.36. The summed E-state index contributed by atoms with van der Waals surface area (Å²) in [5.41, 5.74) is 1.68. The lowest BCUT2D eigenvalue weighted by Gasteiger charge is -2.39. The first-order chi connectivity index (χ1) is 12.0. The van der Waals surface area contributed by atoms with Crippen LogP contribution in [0.3, 0.4) is 0 Å². The molecule has 2 aromatic rings. The number of hydrogen-bond donors (Lipinski definition) is 1. The second kappa shape index (κ2) is 6.29. The van der Waals surface area contributed by atoms with E-state index in [1.54, 1.807) is 6.20 Å². The van der Waals surface area contributed by atoms with E-state index in [4.69, 9.17) is 0 Å². The Morgan fingerprint density at radius 3 is 2.60 bits per heavy atom. The summed E-state index contributed by atoms with van der Waals surface area (Å²) in [5.74, 6) is 0. The van der Waals surface area contributed by atoms with E-state index in [-0.39, 0.29) is 0 Å². The molecule has 1 N–H and O–H groups in total. The van der Waals surface area contributed by atoms with Gasteiger partial charge in [-0.25, -0.2) is 8.42 Å². The Morgan fingerprint density at radius 1 is 1.24 bits per heavy atom. The highest BCUT2D eigenvalue weighted by molar-refractivity contribution is 7.89. The van der Waals surface area contributed by atoms with Crippen molar-refractivity contribution in [2.24, 2.45) is 0 Å². The van der Waals surface area contributed by atoms with Gasteiger partial charge < -0.3 is 5.32 Å². The highest BCUT2D eigenvalue weighted by Crippen LogP contribution is 2.37. The molecule has 6 nitrogen and oxygen atoms in total. The Kier molecular flexibility index (Phi) is 4.24. The largest absolute Gasteiger partial charge is 0.382 e. The third kappa shape index (κ3) is 3.15. The van der Waals surface area contributed by atoms with E-state index >= 15 is 0 Å². The van der Waals surface area contributed by atoms with Gasteiger partial charge in [0.2, 0.25) is 0 Å². The number of piperidine rings is 1. The maximum Gasteiger partial charge on any atom is 0.251 e. The van der Waals surface area contributed by atoms with E-state index < -0.39 is 10.0 Å². The predicted molar refractivity (Wildman–Crippen MR) is 100 cm³/mol. The van der Waals surface area contributed by atoms with Crippen molar-refractivity contribution in [2.45, 2.75) is 57.2 Å². The van der Waals surface area contributed by atoms with Gasteiger partial charge in [-0.3, -0.25) is 4.90 Å². The SMILES string of the molecule is CCCN1C2CCC1CC(Nc1ccc3c(cnn3S(C)(=O)=O)c1)C2. The summed E-state index contributed by atoms with van der Waals surface area (Å²) in [7, 11) is -3.36. The number of hydrogen-bond acceptors (Lipinski definition) is 5. The van der Waals surface area contributed by atoms with E-state index in [1.165, 1.54) is 44.9 Å². The van der Waals surface area contributed by atoms with Crippen LogP contribution in [0.5, 0.6) is 0 Å². The summed E-state index contributed by atoms with van der Waals surface area (Å²) < 4.78 is 24.6. The van der Waals surface area contributed by atoms with Crippen molar-refractivity contribution in [1.29, 1.82) is 0 Å². The molecule has 2 atom stereocenters. The lowest BCUT2D eigenvalue weighted by molar-refractivity contribution is 0.133. The van der Waals surface area contributed by atoms with E-state index in [1.807, 2.05) is 18.2 Å². The molecular weight excluding hydrogens is 336 g/mol. The first kappa shape index (κ1) is 16.8. The Balaban J connectivity index is 1.51. The van der Waals surface area contributed by atoms with Crippen molar-refractivity contribution in [3.63, 3.8) is 0 Å². The van der Waals surface area contributed by atoms with Crippen molar-refractivity contribution in [3.05, 3.63) is 24.4 Å². The van der Waals surface area contributed by atoms with Gasteiger partial charge in [-0.15, -0.1) is 0 Å². The average Bonchev–Trinajstić information content (AvgIpc) is 3.06. The van der Waals surface area contributed by atoms with Crippen LogP contribution in [0.1, 0.15) is 39.0 Å². The zero-order valence-corrected chi connectivity index (χ0v) is 15.7. The molecule has 25 heavy (non-hydrogen) atoms. The quantitative estimate of drug-likeness (QED) is 0.886. The third-order valence-electron chi connectivity index (χ3n) is 5.59. The Bertz CT molecular complexity index is 862. The molecule has 2 bridgehead atoms. The number of benzene rings is 1. The molecule has 0 amide bonds. The molecule has 4 rings (SSSR count). The molecule has 2 aliphatic heterocycles. The van der Waals surface area contributed by atoms with Gasteiger partial charge in [-0.2, -0.15) is 9.19 Å². The minimum Gasteiger partial charge on any atom is -0.382 e. The fraction of sp³-hybridized carbons (Fsp3) is 0.611. The van der Waals surface area contributed by atoms with Crippen molar-refractivity contribution in [2.75, 3.05) is 18.1 Å². The first-order valence-corrected chi connectivity index (χ1v) is 11.0. The third-order valence-corrected chi connectivity index (χ3v) is 6.51. The van der Waals surface area contributed by atoms with Crippen LogP contribution in [-0.2, 0) is 10.0 Å². The van der Waals surface area contributed by atoms with E-state index in [9.17, 15) is 8.42 Å². The highest BCUT2D eigenvalue weighted by Gasteiger charge is 2.39. The second-order valence-electron chi connectivity index (χ2n) is 7.46. The molecule has 1 aromatic carbocycles. The first-order valence-electron chi connectivity index (χ1n) is 9.16. The summed E-state index contributed by atoms with van der Waals surface area (Å²) in [6.07, 6.45) is 9.05. The van der Waals surface area contributed by atoms with Gasteiger partial charge in [0.15, 0.2) is 0 Å². The molecule has 2 saturated heterocycles. The summed E-state index contributed by atoms with van der Waals surface area (Å²) in [6.45, 7) is 3.48. The van der Waals surface area contributed by atoms with Crippen molar-refractivity contribution in [3.8, 4) is 0 Å². The number of fused-ring (bicyclic) bond motifs is 3. The molecule has 0 spiro atoms. The van der Waals surface area contributed by atoms with Crippen LogP contribution in [0.15, 0.2) is 24.4 Å². The summed E-state index contributed by atoms with van der Waals surface area (Å²) in [6, 6.07) is 7.73. The normalized spacial score (nSPS) is 27.0. The molecule has 2 fully saturated rings. The van der Waals surface area contributed by atoms with Crippen LogP contribution in [0.4, 0.5) is 5.69 Å². The van der Waals surface area contributed by atoms with Crippen LogP contribution in [0.25, 0.3) is 10.9 Å². The maximum atomic E-state index is 11.8. The number of rotatable bonds is 5. The van der Waals surface area contributed by atoms with Crippen LogP contribution >= 0.6 is 0 Å². The van der Waals surface area contributed by atoms with Crippen LogP contribution in [-0.4, -0.2) is 53.4 Å². The molecule has 2 unspecified atom stereocenters. The smallest absolute Gasteiger partial charge is 0.251 e. The van der Waals surface area contributed by atoms with E-state index in [0.717, 1.165) is 15.2 Å². The number of nitrogens with one attached hydrogen (secondary N) is 1. The van der Waals surface area contributed by atoms with Crippen LogP contribution in [0.2, 0.25) is 0 Å². The Morgan fingerprint density at radius 2 is 1.96 bits per heavy atom. The topological polar surface area (TPSA) is 67.2 Å². The standard InChI is InChI=1S/C18H26N4O2S/c1-3-8-21-16-5-6-17(21)11-15(10-16)20-14-4-7-18-13(9-14)12-19-22(18)25(2,23)24/h4,7,9,12,15-17,20H,3,5-6,8,10-11H2,1-2H3. The maximum absolute atomic E-state index is 11.8. The van der Waals surface area contributed by atoms with Gasteiger partial charge in [0.25, 0.3) is 10.0 Å². The van der Waals surface area contributed by atoms with Gasteiger partial charge in [0, 0.05) is 29.2 Å². The summed E-state index contributed by atoms with van der Waals surface area (Å²) in [5, 5.41) is 8.53. The van der Waals surface area contributed by atoms with Gasteiger partial charge in [-0.05, 0) is 56.8 Å². The van der Waals surface area contributed by atoms with E-state index in [2.05, 4.69) is 22.2 Å². The van der Waals surface area contributed by atoms with Gasteiger partial charge in [0.05, 0.1) is 18.0 Å². The number of aromatic nitrogens is 2. The lowest BCUT2D eigenvalue weighted by Crippen LogP contribution is -2.47. The Hall–Kier alpha value is -1.60. The molecule has 0 saturated carbocycles. The predicted octanol–water partition coefficient (Wildman–Crippen LogP) is 2.66. The lowest BCUT2D eigenvalue weighted by atomic mass is 9.96. The van der Waals surface area contributed by atoms with Gasteiger partial charge in [-0.1, -0.05) is 6.92 Å². The summed E-state index contributed by atoms with van der Waals surface area (Å²) >= 11 is 0. The van der Waals surface area contributed by atoms with E-state index in [0.29, 0.717) is 23.6 Å². The van der Waals surface area contributed by atoms with Crippen LogP contribution in [0, 0.1) is 0 Å². The molecule has 2 aliphatic rings. The minimum absolute atomic E-state index is 0.494. The van der Waals surface area contributed by atoms with Gasteiger partial charge >= 0.3 is 0 Å². The monoisotopic (exact) mass is 362 g/mol.